The highest BCUT2D eigenvalue weighted by molar-refractivity contribution is 7.09. The number of thiazole rings is 1. The van der Waals surface area contributed by atoms with E-state index >= 15 is 0 Å². The van der Waals surface area contributed by atoms with Gasteiger partial charge in [0.1, 0.15) is 0 Å². The van der Waals surface area contributed by atoms with Crippen molar-refractivity contribution in [3.8, 4) is 0 Å². The minimum Gasteiger partial charge on any atom is -0.273 e. The van der Waals surface area contributed by atoms with Crippen molar-refractivity contribution in [1.29, 1.82) is 0 Å². The average molecular weight is 342 g/mol. The minimum absolute atomic E-state index is 0.199. The first-order chi connectivity index (χ1) is 9.95. The maximum absolute atomic E-state index is 11.8. The molecule has 1 aromatic carbocycles. The second kappa shape index (κ2) is 7.02. The molecular weight excluding hydrogens is 329 g/mol. The number of hydrogen-bond acceptors (Lipinski definition) is 4. The zero-order chi connectivity index (χ0) is 15.4. The third kappa shape index (κ3) is 4.52. The van der Waals surface area contributed by atoms with Crippen molar-refractivity contribution in [2.45, 2.75) is 20.3 Å². The zero-order valence-electron chi connectivity index (χ0n) is 11.5. The molecule has 4 nitrogen and oxygen atoms in total. The predicted octanol–water partition coefficient (Wildman–Crippen LogP) is 3.84. The van der Waals surface area contributed by atoms with Gasteiger partial charge in [0.2, 0.25) is 5.91 Å². The fraction of sp³-hybridized carbons (Fsp3) is 0.214. The van der Waals surface area contributed by atoms with Crippen LogP contribution in [0.3, 0.4) is 0 Å². The van der Waals surface area contributed by atoms with Crippen molar-refractivity contribution in [3.63, 3.8) is 0 Å². The molecule has 21 heavy (non-hydrogen) atoms. The van der Waals surface area contributed by atoms with Gasteiger partial charge in [-0.3, -0.25) is 4.79 Å². The molecule has 2 rings (SSSR count). The molecule has 0 saturated carbocycles. The van der Waals surface area contributed by atoms with E-state index in [0.717, 1.165) is 10.7 Å². The standard InChI is InChI=1S/C14H13Cl2N3OS/c1-8(12-5-10(15)3-4-13(12)16)18-19-14(20)6-11-7-21-9(2)17-11/h3-5,7H,6H2,1-2H3,(H,19,20)/b18-8-. The normalized spacial score (nSPS) is 11.5. The van der Waals surface area contributed by atoms with Gasteiger partial charge in [0.15, 0.2) is 0 Å². The van der Waals surface area contributed by atoms with Gasteiger partial charge in [0.25, 0.3) is 0 Å². The van der Waals surface area contributed by atoms with Crippen LogP contribution >= 0.6 is 34.5 Å². The molecule has 110 valence electrons. The molecule has 1 N–H and O–H groups in total. The predicted molar refractivity (Wildman–Crippen MR) is 87.4 cm³/mol. The van der Waals surface area contributed by atoms with E-state index in [1.807, 2.05) is 12.3 Å². The molecular formula is C14H13Cl2N3OS. The number of amides is 1. The number of carbonyl (C=O) groups excluding carboxylic acids is 1. The van der Waals surface area contributed by atoms with Crippen LogP contribution in [0.25, 0.3) is 0 Å². The third-order valence-electron chi connectivity index (χ3n) is 2.67. The molecule has 0 unspecified atom stereocenters. The third-order valence-corrected chi connectivity index (χ3v) is 4.06. The number of carbonyl (C=O) groups is 1. The number of nitrogens with one attached hydrogen (secondary N) is 1. The van der Waals surface area contributed by atoms with Crippen LogP contribution in [0.2, 0.25) is 10.0 Å². The molecule has 0 saturated heterocycles. The number of nitrogens with zero attached hydrogens (tertiary/aromatic N) is 2. The number of aromatic nitrogens is 1. The summed E-state index contributed by atoms with van der Waals surface area (Å²) in [5.41, 5.74) is 4.51. The van der Waals surface area contributed by atoms with Gasteiger partial charge in [0, 0.05) is 21.0 Å². The van der Waals surface area contributed by atoms with Crippen LogP contribution in [0.1, 0.15) is 23.2 Å². The fourth-order valence-electron chi connectivity index (χ4n) is 1.67. The van der Waals surface area contributed by atoms with Crippen LogP contribution in [0.5, 0.6) is 0 Å². The Kier molecular flexibility index (Phi) is 5.33. The zero-order valence-corrected chi connectivity index (χ0v) is 13.8. The summed E-state index contributed by atoms with van der Waals surface area (Å²) >= 11 is 13.5. The SMILES string of the molecule is C/C(=N/NC(=O)Cc1csc(C)n1)c1cc(Cl)ccc1Cl. The molecule has 0 atom stereocenters. The molecule has 2 aromatic rings. The molecule has 0 aliphatic rings. The Morgan fingerprint density at radius 1 is 1.43 bits per heavy atom. The van der Waals surface area contributed by atoms with Gasteiger partial charge >= 0.3 is 0 Å². The van der Waals surface area contributed by atoms with Gasteiger partial charge in [-0.15, -0.1) is 11.3 Å². The number of hydrazone groups is 1. The first-order valence-electron chi connectivity index (χ1n) is 6.15. The molecule has 0 aliphatic heterocycles. The Labute approximate surface area is 136 Å². The number of aryl methyl sites for hydroxylation is 1. The maximum Gasteiger partial charge on any atom is 0.246 e. The minimum atomic E-state index is -0.224. The van der Waals surface area contributed by atoms with Gasteiger partial charge in [-0.25, -0.2) is 10.4 Å². The summed E-state index contributed by atoms with van der Waals surface area (Å²) < 4.78 is 0. The van der Waals surface area contributed by atoms with Gasteiger partial charge in [-0.2, -0.15) is 5.10 Å². The summed E-state index contributed by atoms with van der Waals surface area (Å²) in [7, 11) is 0. The Hall–Kier alpha value is -1.43. The lowest BCUT2D eigenvalue weighted by Crippen LogP contribution is -2.21. The van der Waals surface area contributed by atoms with E-state index in [2.05, 4.69) is 15.5 Å². The van der Waals surface area contributed by atoms with E-state index in [1.54, 1.807) is 25.1 Å². The largest absolute Gasteiger partial charge is 0.273 e. The summed E-state index contributed by atoms with van der Waals surface area (Å²) in [5.74, 6) is -0.224. The second-order valence-corrected chi connectivity index (χ2v) is 6.30. The Morgan fingerprint density at radius 3 is 2.86 bits per heavy atom. The van der Waals surface area contributed by atoms with Gasteiger partial charge in [0.05, 0.1) is 22.8 Å². The van der Waals surface area contributed by atoms with Crippen LogP contribution in [0.4, 0.5) is 0 Å². The highest BCUT2D eigenvalue weighted by Crippen LogP contribution is 2.21. The molecule has 1 aromatic heterocycles. The van der Waals surface area contributed by atoms with E-state index in [-0.39, 0.29) is 12.3 Å². The summed E-state index contributed by atoms with van der Waals surface area (Å²) in [6.45, 7) is 3.65. The molecule has 7 heteroatoms. The van der Waals surface area contributed by atoms with Crippen molar-refractivity contribution in [3.05, 3.63) is 49.9 Å². The molecule has 0 radical (unpaired) electrons. The average Bonchev–Trinajstić information content (AvgIpc) is 2.84. The van der Waals surface area contributed by atoms with Crippen molar-refractivity contribution < 1.29 is 4.79 Å². The van der Waals surface area contributed by atoms with Crippen LogP contribution in [0.15, 0.2) is 28.7 Å². The number of benzene rings is 1. The first-order valence-corrected chi connectivity index (χ1v) is 7.79. The topological polar surface area (TPSA) is 54.4 Å². The van der Waals surface area contributed by atoms with E-state index in [4.69, 9.17) is 23.2 Å². The van der Waals surface area contributed by atoms with Gasteiger partial charge < -0.3 is 0 Å². The smallest absolute Gasteiger partial charge is 0.246 e. The monoisotopic (exact) mass is 341 g/mol. The maximum atomic E-state index is 11.8. The first kappa shape index (κ1) is 15.9. The summed E-state index contributed by atoms with van der Waals surface area (Å²) in [6, 6.07) is 5.10. The molecule has 0 fully saturated rings. The van der Waals surface area contributed by atoms with Crippen LogP contribution in [-0.2, 0) is 11.2 Å². The van der Waals surface area contributed by atoms with E-state index in [0.29, 0.717) is 21.3 Å². The lowest BCUT2D eigenvalue weighted by Gasteiger charge is -2.05. The highest BCUT2D eigenvalue weighted by atomic mass is 35.5. The Bertz CT molecular complexity index is 697. The van der Waals surface area contributed by atoms with Gasteiger partial charge in [-0.1, -0.05) is 23.2 Å². The van der Waals surface area contributed by atoms with E-state index < -0.39 is 0 Å². The summed E-state index contributed by atoms with van der Waals surface area (Å²) in [6.07, 6.45) is 0.199. The molecule has 1 amide bonds. The fourth-order valence-corrected chi connectivity index (χ4v) is 2.71. The summed E-state index contributed by atoms with van der Waals surface area (Å²) in [5, 5.41) is 7.94. The highest BCUT2D eigenvalue weighted by Gasteiger charge is 2.08. The summed E-state index contributed by atoms with van der Waals surface area (Å²) in [4.78, 5) is 16.0. The molecule has 1 heterocycles. The number of hydrogen-bond donors (Lipinski definition) is 1. The Morgan fingerprint density at radius 2 is 2.19 bits per heavy atom. The molecule has 0 bridgehead atoms. The van der Waals surface area contributed by atoms with Crippen molar-refractivity contribution in [1.82, 2.24) is 10.4 Å². The van der Waals surface area contributed by atoms with Crippen molar-refractivity contribution in [2.75, 3.05) is 0 Å². The molecule has 0 aliphatic carbocycles. The van der Waals surface area contributed by atoms with Crippen LogP contribution in [-0.4, -0.2) is 16.6 Å². The lowest BCUT2D eigenvalue weighted by atomic mass is 10.1. The lowest BCUT2D eigenvalue weighted by molar-refractivity contribution is -0.120. The van der Waals surface area contributed by atoms with Crippen LogP contribution < -0.4 is 5.43 Å². The number of rotatable bonds is 4. The number of halogens is 2. The molecule has 0 spiro atoms. The second-order valence-electron chi connectivity index (χ2n) is 4.39. The van der Waals surface area contributed by atoms with Crippen LogP contribution in [0, 0.1) is 6.92 Å². The van der Waals surface area contributed by atoms with Crippen molar-refractivity contribution in [2.24, 2.45) is 5.10 Å². The van der Waals surface area contributed by atoms with E-state index in [1.165, 1.54) is 11.3 Å². The quantitative estimate of drug-likeness (QED) is 0.678. The Balaban J connectivity index is 2.02. The van der Waals surface area contributed by atoms with Gasteiger partial charge in [-0.05, 0) is 32.0 Å². The van der Waals surface area contributed by atoms with E-state index in [9.17, 15) is 4.79 Å². The van der Waals surface area contributed by atoms with Crippen molar-refractivity contribution >= 4 is 46.2 Å².